The number of allylic oxidation sites excluding steroid dienone is 20. The van der Waals surface area contributed by atoms with E-state index in [-0.39, 0.29) is 37.5 Å². The van der Waals surface area contributed by atoms with E-state index in [1.54, 1.807) is 0 Å². The lowest BCUT2D eigenvalue weighted by Gasteiger charge is -2.18. The van der Waals surface area contributed by atoms with E-state index >= 15 is 0 Å². The number of carbonyl (C=O) groups is 3. The highest BCUT2D eigenvalue weighted by Gasteiger charge is 2.19. The summed E-state index contributed by atoms with van der Waals surface area (Å²) in [6, 6.07) is 0. The Hall–Kier alpha value is -4.19. The second-order valence-corrected chi connectivity index (χ2v) is 18.8. The molecule has 0 aromatic carbocycles. The highest BCUT2D eigenvalue weighted by Crippen LogP contribution is 2.14. The molecule has 0 N–H and O–H groups in total. The van der Waals surface area contributed by atoms with Gasteiger partial charge in [0.05, 0.1) is 0 Å². The van der Waals surface area contributed by atoms with Crippen molar-refractivity contribution < 1.29 is 28.6 Å². The normalized spacial score (nSPS) is 13.0. The van der Waals surface area contributed by atoms with Gasteiger partial charge in [0.1, 0.15) is 13.2 Å². The van der Waals surface area contributed by atoms with E-state index in [2.05, 4.69) is 142 Å². The predicted molar refractivity (Wildman–Crippen MR) is 306 cm³/mol. The van der Waals surface area contributed by atoms with Gasteiger partial charge in [-0.25, -0.2) is 0 Å². The molecule has 0 aliphatic rings. The third-order valence-corrected chi connectivity index (χ3v) is 12.0. The van der Waals surface area contributed by atoms with Crippen LogP contribution >= 0.6 is 0 Å². The van der Waals surface area contributed by atoms with Crippen molar-refractivity contribution in [3.05, 3.63) is 122 Å². The van der Waals surface area contributed by atoms with Crippen LogP contribution in [0.4, 0.5) is 0 Å². The summed E-state index contributed by atoms with van der Waals surface area (Å²) in [5.74, 6) is -0.980. The Labute approximate surface area is 437 Å². The highest BCUT2D eigenvalue weighted by molar-refractivity contribution is 5.71. The quantitative estimate of drug-likeness (QED) is 0.0261. The smallest absolute Gasteiger partial charge is 0.306 e. The first-order valence-corrected chi connectivity index (χ1v) is 29.0. The first-order chi connectivity index (χ1) is 35.0. The van der Waals surface area contributed by atoms with Crippen LogP contribution in [0.3, 0.4) is 0 Å². The molecule has 0 fully saturated rings. The number of unbranched alkanes of at least 4 members (excludes halogenated alkanes) is 20. The van der Waals surface area contributed by atoms with Crippen molar-refractivity contribution in [2.45, 2.75) is 258 Å². The van der Waals surface area contributed by atoms with Crippen LogP contribution in [0.2, 0.25) is 0 Å². The third-order valence-electron chi connectivity index (χ3n) is 12.0. The molecule has 0 aromatic heterocycles. The van der Waals surface area contributed by atoms with E-state index < -0.39 is 6.10 Å². The lowest BCUT2D eigenvalue weighted by molar-refractivity contribution is -0.167. The van der Waals surface area contributed by atoms with Gasteiger partial charge in [0, 0.05) is 19.3 Å². The number of hydrogen-bond acceptors (Lipinski definition) is 6. The minimum Gasteiger partial charge on any atom is -0.462 e. The van der Waals surface area contributed by atoms with Gasteiger partial charge in [-0.3, -0.25) is 14.4 Å². The zero-order chi connectivity index (χ0) is 51.4. The van der Waals surface area contributed by atoms with Crippen LogP contribution < -0.4 is 0 Å². The summed E-state index contributed by atoms with van der Waals surface area (Å²) in [4.78, 5) is 38.1. The van der Waals surface area contributed by atoms with Crippen LogP contribution in [0.1, 0.15) is 252 Å². The van der Waals surface area contributed by atoms with Crippen molar-refractivity contribution in [1.29, 1.82) is 0 Å². The van der Waals surface area contributed by atoms with Crippen LogP contribution in [0.15, 0.2) is 122 Å². The van der Waals surface area contributed by atoms with Crippen molar-refractivity contribution in [2.24, 2.45) is 0 Å². The summed E-state index contributed by atoms with van der Waals surface area (Å²) in [7, 11) is 0. The van der Waals surface area contributed by atoms with E-state index in [0.29, 0.717) is 19.3 Å². The maximum Gasteiger partial charge on any atom is 0.306 e. The van der Waals surface area contributed by atoms with Gasteiger partial charge in [0.25, 0.3) is 0 Å². The van der Waals surface area contributed by atoms with E-state index in [9.17, 15) is 14.4 Å². The van der Waals surface area contributed by atoms with E-state index in [1.165, 1.54) is 89.9 Å². The van der Waals surface area contributed by atoms with E-state index in [4.69, 9.17) is 14.2 Å². The van der Waals surface area contributed by atoms with Crippen molar-refractivity contribution >= 4 is 17.9 Å². The molecule has 0 saturated carbocycles. The predicted octanol–water partition coefficient (Wildman–Crippen LogP) is 19.6. The average Bonchev–Trinajstić information content (AvgIpc) is 3.37. The Morgan fingerprint density at radius 2 is 0.563 bits per heavy atom. The fourth-order valence-electron chi connectivity index (χ4n) is 7.61. The molecule has 1 atom stereocenters. The van der Waals surface area contributed by atoms with Gasteiger partial charge in [-0.2, -0.15) is 0 Å². The molecule has 0 aliphatic heterocycles. The fourth-order valence-corrected chi connectivity index (χ4v) is 7.61. The molecule has 6 nitrogen and oxygen atoms in total. The molecule has 0 heterocycles. The molecule has 402 valence electrons. The average molecular weight is 984 g/mol. The highest BCUT2D eigenvalue weighted by atomic mass is 16.6. The van der Waals surface area contributed by atoms with E-state index in [0.717, 1.165) is 116 Å². The second kappa shape index (κ2) is 58.4. The van der Waals surface area contributed by atoms with E-state index in [1.807, 2.05) is 0 Å². The minimum absolute atomic E-state index is 0.103. The summed E-state index contributed by atoms with van der Waals surface area (Å²) in [5, 5.41) is 0. The van der Waals surface area contributed by atoms with Gasteiger partial charge >= 0.3 is 17.9 Å². The molecule has 0 saturated heterocycles. The Morgan fingerprint density at radius 1 is 0.296 bits per heavy atom. The Morgan fingerprint density at radius 3 is 0.944 bits per heavy atom. The molecule has 0 aliphatic carbocycles. The van der Waals surface area contributed by atoms with Crippen LogP contribution in [0, 0.1) is 0 Å². The maximum absolute atomic E-state index is 12.9. The zero-order valence-electron chi connectivity index (χ0n) is 45.9. The number of rotatable bonds is 51. The van der Waals surface area contributed by atoms with Gasteiger partial charge in [0.15, 0.2) is 6.10 Å². The van der Waals surface area contributed by atoms with Crippen LogP contribution in [-0.2, 0) is 28.6 Å². The summed E-state index contributed by atoms with van der Waals surface area (Å²) < 4.78 is 16.8. The molecule has 0 rings (SSSR count). The van der Waals surface area contributed by atoms with Crippen LogP contribution in [0.25, 0.3) is 0 Å². The molecule has 71 heavy (non-hydrogen) atoms. The molecule has 0 bridgehead atoms. The third kappa shape index (κ3) is 56.6. The number of esters is 3. The van der Waals surface area contributed by atoms with Crippen LogP contribution in [0.5, 0.6) is 0 Å². The first kappa shape index (κ1) is 66.8. The van der Waals surface area contributed by atoms with Gasteiger partial charge in [-0.05, 0) is 109 Å². The Balaban J connectivity index is 4.48. The monoisotopic (exact) mass is 983 g/mol. The van der Waals surface area contributed by atoms with Crippen molar-refractivity contribution in [3.8, 4) is 0 Å². The molecular formula is C65H106O6. The molecule has 0 spiro atoms. The Kier molecular flexibility index (Phi) is 54.9. The summed E-state index contributed by atoms with van der Waals surface area (Å²) in [5.41, 5.74) is 0. The molecule has 0 radical (unpaired) electrons. The number of hydrogen-bond donors (Lipinski definition) is 0. The lowest BCUT2D eigenvalue weighted by Crippen LogP contribution is -2.30. The standard InChI is InChI=1S/C65H106O6/c1-4-7-10-13-16-19-22-24-26-28-30-31-32-33-35-36-38-40-43-46-49-52-55-58-64(67)70-61-62(60-69-63(66)57-54-51-48-45-42-21-18-15-12-9-6-3)71-65(68)59-56-53-50-47-44-41-39-37-34-29-27-25-23-20-17-14-11-8-5-2/h7,10,16-17,19-20,24-27,30-31,33-35,37-38,40,46,49,62H,4-6,8-9,11-15,18,21-23,28-29,32,36,39,41-45,47-48,50-61H2,1-3H3/b10-7-,19-16-,20-17-,26-24-,27-25-,31-30-,35-33-,37-34-,40-38-,49-46-. The topological polar surface area (TPSA) is 78.9 Å². The van der Waals surface area contributed by atoms with Crippen LogP contribution in [-0.4, -0.2) is 37.2 Å². The molecule has 1 unspecified atom stereocenters. The Bertz CT molecular complexity index is 1500. The molecular weight excluding hydrogens is 877 g/mol. The van der Waals surface area contributed by atoms with Gasteiger partial charge < -0.3 is 14.2 Å². The summed E-state index contributed by atoms with van der Waals surface area (Å²) in [6.45, 7) is 6.43. The van der Waals surface area contributed by atoms with Crippen molar-refractivity contribution in [1.82, 2.24) is 0 Å². The van der Waals surface area contributed by atoms with Gasteiger partial charge in [-0.1, -0.05) is 245 Å². The maximum atomic E-state index is 12.9. The number of carbonyl (C=O) groups excluding carboxylic acids is 3. The molecule has 6 heteroatoms. The first-order valence-electron chi connectivity index (χ1n) is 29.0. The number of ether oxygens (including phenoxy) is 3. The lowest BCUT2D eigenvalue weighted by atomic mass is 10.1. The summed E-state index contributed by atoms with van der Waals surface area (Å²) >= 11 is 0. The van der Waals surface area contributed by atoms with Gasteiger partial charge in [0.2, 0.25) is 0 Å². The second-order valence-electron chi connectivity index (χ2n) is 18.8. The fraction of sp³-hybridized carbons (Fsp3) is 0.646. The van der Waals surface area contributed by atoms with Crippen molar-refractivity contribution in [2.75, 3.05) is 13.2 Å². The van der Waals surface area contributed by atoms with Gasteiger partial charge in [-0.15, -0.1) is 0 Å². The zero-order valence-corrected chi connectivity index (χ0v) is 45.9. The molecule has 0 aromatic rings. The van der Waals surface area contributed by atoms with Crippen molar-refractivity contribution in [3.63, 3.8) is 0 Å². The summed E-state index contributed by atoms with van der Waals surface area (Å²) in [6.07, 6.45) is 80.5. The molecule has 0 amide bonds. The minimum atomic E-state index is -0.810. The SMILES string of the molecule is CC/C=C\C/C=C\C/C=C\C/C=C\C/C=C\C/C=C\C/C=C\CCCC(=O)OCC(COC(=O)CCCCCCCCCCCCC)OC(=O)CCCCCCCC/C=C\C/C=C\C/C=C\CCCCC. The largest absolute Gasteiger partial charge is 0.462 e.